The molecule has 1 N–H and O–H groups in total. The number of rotatable bonds is 15. The summed E-state index contributed by atoms with van der Waals surface area (Å²) in [7, 11) is 1.45. The van der Waals surface area contributed by atoms with Crippen LogP contribution in [0.3, 0.4) is 0 Å². The molecule has 2 aromatic carbocycles. The zero-order valence-corrected chi connectivity index (χ0v) is 52.1. The first-order valence-corrected chi connectivity index (χ1v) is 31.5. The van der Waals surface area contributed by atoms with Crippen LogP contribution in [0.1, 0.15) is 164 Å². The molecule has 3 aliphatic heterocycles. The lowest BCUT2D eigenvalue weighted by atomic mass is 9.33. The molecule has 7 fully saturated rings. The summed E-state index contributed by atoms with van der Waals surface area (Å²) < 4.78 is 61.0. The van der Waals surface area contributed by atoms with Gasteiger partial charge in [-0.2, -0.15) is 0 Å². The molecule has 0 bridgehead atoms. The first-order chi connectivity index (χ1) is 39.3. The highest BCUT2D eigenvalue weighted by Gasteiger charge is 2.72. The summed E-state index contributed by atoms with van der Waals surface area (Å²) in [5, 5.41) is 12.5. The van der Waals surface area contributed by atoms with Gasteiger partial charge in [0.15, 0.2) is 30.8 Å². The predicted molar refractivity (Wildman–Crippen MR) is 312 cm³/mol. The van der Waals surface area contributed by atoms with Crippen molar-refractivity contribution in [3.63, 3.8) is 0 Å². The molecule has 5 aliphatic carbocycles. The summed E-state index contributed by atoms with van der Waals surface area (Å²) in [6.45, 7) is 29.0. The van der Waals surface area contributed by atoms with E-state index in [0.717, 1.165) is 50.4 Å². The van der Waals surface area contributed by atoms with Gasteiger partial charge in [-0.05, 0) is 140 Å². The van der Waals surface area contributed by atoms with E-state index in [-0.39, 0.29) is 76.0 Å². The van der Waals surface area contributed by atoms with Crippen LogP contribution >= 0.6 is 0 Å². The first-order valence-electron chi connectivity index (χ1n) is 31.5. The van der Waals surface area contributed by atoms with Gasteiger partial charge in [0.1, 0.15) is 23.9 Å². The van der Waals surface area contributed by atoms with E-state index in [1.54, 1.807) is 24.3 Å². The number of allylic oxidation sites excluding steroid dienone is 2. The average Bonchev–Trinajstić information content (AvgIpc) is 2.11. The van der Waals surface area contributed by atoms with E-state index >= 15 is 0 Å². The summed E-state index contributed by atoms with van der Waals surface area (Å²) in [5.74, 6) is -1.61. The second-order valence-electron chi connectivity index (χ2n) is 29.1. The van der Waals surface area contributed by atoms with E-state index in [0.29, 0.717) is 44.0 Å². The monoisotopic (exact) mass is 1150 g/mol. The van der Waals surface area contributed by atoms with Crippen molar-refractivity contribution in [2.24, 2.45) is 85.8 Å². The number of esters is 2. The number of benzene rings is 2. The Morgan fingerprint density at radius 1 is 0.711 bits per heavy atom. The molecule has 83 heavy (non-hydrogen) atoms. The summed E-state index contributed by atoms with van der Waals surface area (Å²) in [4.78, 5) is 56.6. The molecule has 14 nitrogen and oxygen atoms in total. The van der Waals surface area contributed by atoms with Crippen LogP contribution in [0, 0.1) is 85.8 Å². The van der Waals surface area contributed by atoms with Crippen LogP contribution < -0.4 is 0 Å². The van der Waals surface area contributed by atoms with Gasteiger partial charge in [0.25, 0.3) is 0 Å². The molecule has 10 rings (SSSR count). The number of Topliss-reactive ketones (excluding diaryl/α,β-unsaturated/α-hetero) is 1. The number of hydrogen-bond acceptors (Lipinski definition) is 14. The van der Waals surface area contributed by atoms with E-state index in [4.69, 9.17) is 42.6 Å². The Labute approximate surface area is 494 Å². The van der Waals surface area contributed by atoms with Gasteiger partial charge in [-0.15, -0.1) is 0 Å². The molecule has 8 aliphatic rings. The van der Waals surface area contributed by atoms with Crippen LogP contribution in [0.4, 0.5) is 0 Å². The molecule has 0 aromatic heterocycles. The molecule has 14 heteroatoms. The topological polar surface area (TPSA) is 172 Å². The lowest BCUT2D eigenvalue weighted by Crippen LogP contribution is -2.68. The number of carbonyl (C=O) groups excluding carboxylic acids is 4. The fraction of sp³-hybridized carbons (Fsp3) is 0.739. The van der Waals surface area contributed by atoms with Crippen molar-refractivity contribution >= 4 is 24.0 Å². The Hall–Kier alpha value is -3.86. The lowest BCUT2D eigenvalue weighted by molar-refractivity contribution is -0.378. The Morgan fingerprint density at radius 3 is 2.06 bits per heavy atom. The lowest BCUT2D eigenvalue weighted by Gasteiger charge is -2.71. The molecule has 0 spiro atoms. The van der Waals surface area contributed by atoms with Crippen molar-refractivity contribution in [1.82, 2.24) is 0 Å². The quantitative estimate of drug-likeness (QED) is 0.0773. The van der Waals surface area contributed by atoms with Crippen LogP contribution in [-0.2, 0) is 63.6 Å². The zero-order valence-electron chi connectivity index (χ0n) is 52.1. The predicted octanol–water partition coefficient (Wildman–Crippen LogP) is 11.9. The summed E-state index contributed by atoms with van der Waals surface area (Å²) in [6.07, 6.45) is 0.903. The maximum atomic E-state index is 14.4. The highest BCUT2D eigenvalue weighted by atomic mass is 16.8. The van der Waals surface area contributed by atoms with Crippen LogP contribution in [0.5, 0.6) is 0 Å². The smallest absolute Gasteiger partial charge is 0.338 e. The SMILES string of the molecule is COC(=O)[C@]12CCC(C)(C)CC1C1=CCC3C4(C)CC[C@H](O[C@@H]5OC(C(C)=O)[C@@H](C)[C@H](O[C@@H]6OC[C@@H](C)[C@H](C)C6C)C5O[C@@H]5OC(COCc6ccccc6)[C@H](C)[C@H](C)C5OC(=O)c5ccccc5)[C@](C)(C=O)[C@@H]4CC[C@]3(C)[C@]1(C)CC2O. The van der Waals surface area contributed by atoms with Gasteiger partial charge in [-0.3, -0.25) is 9.59 Å². The molecule has 0 radical (unpaired) electrons. The van der Waals surface area contributed by atoms with E-state index in [9.17, 15) is 24.3 Å². The van der Waals surface area contributed by atoms with Gasteiger partial charge in [0.05, 0.1) is 62.3 Å². The van der Waals surface area contributed by atoms with E-state index in [1.807, 2.05) is 57.2 Å². The second kappa shape index (κ2) is 23.7. The van der Waals surface area contributed by atoms with Gasteiger partial charge in [0.2, 0.25) is 0 Å². The average molecular weight is 1150 g/mol. The minimum atomic E-state index is -1.25. The first kappa shape index (κ1) is 62.2. The molecule has 458 valence electrons. The van der Waals surface area contributed by atoms with Crippen molar-refractivity contribution in [3.8, 4) is 0 Å². The summed E-state index contributed by atoms with van der Waals surface area (Å²) in [6, 6.07) is 18.8. The van der Waals surface area contributed by atoms with Crippen LogP contribution in [0.2, 0.25) is 0 Å². The normalized spacial score (nSPS) is 45.7. The molecular formula is C69H98O14. The maximum absolute atomic E-state index is 14.4. The fourth-order valence-electron chi connectivity index (χ4n) is 18.2. The highest BCUT2D eigenvalue weighted by Crippen LogP contribution is 2.76. The van der Waals surface area contributed by atoms with Crippen LogP contribution in [-0.4, -0.2) is 111 Å². The number of carbonyl (C=O) groups is 4. The Balaban J connectivity index is 0.995. The number of ketones is 1. The molecule has 3 saturated heterocycles. The molecule has 3 heterocycles. The molecule has 9 unspecified atom stereocenters. The Kier molecular flexibility index (Phi) is 17.7. The van der Waals surface area contributed by atoms with E-state index in [1.165, 1.54) is 19.6 Å². The van der Waals surface area contributed by atoms with Crippen molar-refractivity contribution < 1.29 is 66.9 Å². The van der Waals surface area contributed by atoms with Crippen molar-refractivity contribution in [3.05, 3.63) is 83.4 Å². The summed E-state index contributed by atoms with van der Waals surface area (Å²) in [5.41, 5.74) is -0.314. The third-order valence-electron chi connectivity index (χ3n) is 24.1. The Bertz CT molecular complexity index is 2680. The second-order valence-corrected chi connectivity index (χ2v) is 29.1. The van der Waals surface area contributed by atoms with E-state index < -0.39 is 89.7 Å². The number of ether oxygens (including phenoxy) is 9. The third-order valence-corrected chi connectivity index (χ3v) is 24.1. The summed E-state index contributed by atoms with van der Waals surface area (Å²) >= 11 is 0. The molecule has 24 atom stereocenters. The number of aliphatic hydroxyl groups excluding tert-OH is 1. The van der Waals surface area contributed by atoms with Gasteiger partial charge in [-0.1, -0.05) is 143 Å². The third kappa shape index (κ3) is 10.8. The van der Waals surface area contributed by atoms with Gasteiger partial charge < -0.3 is 52.5 Å². The van der Waals surface area contributed by atoms with Gasteiger partial charge >= 0.3 is 11.9 Å². The highest BCUT2D eigenvalue weighted by molar-refractivity contribution is 5.89. The van der Waals surface area contributed by atoms with Crippen LogP contribution in [0.15, 0.2) is 72.3 Å². The minimum absolute atomic E-state index is 0.00996. The number of aldehydes is 1. The van der Waals surface area contributed by atoms with Crippen molar-refractivity contribution in [2.75, 3.05) is 20.3 Å². The number of hydrogen-bond donors (Lipinski definition) is 1. The molecular weight excluding hydrogens is 1050 g/mol. The van der Waals surface area contributed by atoms with Crippen molar-refractivity contribution in [1.29, 1.82) is 0 Å². The van der Waals surface area contributed by atoms with Crippen molar-refractivity contribution in [2.45, 2.75) is 216 Å². The zero-order chi connectivity index (χ0) is 59.8. The minimum Gasteiger partial charge on any atom is -0.468 e. The van der Waals surface area contributed by atoms with Gasteiger partial charge in [-0.25, -0.2) is 4.79 Å². The van der Waals surface area contributed by atoms with E-state index in [2.05, 4.69) is 68.4 Å². The molecule has 2 aromatic rings. The maximum Gasteiger partial charge on any atom is 0.338 e. The Morgan fingerprint density at radius 2 is 1.39 bits per heavy atom. The number of methoxy groups -OCH3 is 1. The van der Waals surface area contributed by atoms with Gasteiger partial charge in [0, 0.05) is 17.8 Å². The molecule has 4 saturated carbocycles. The molecule has 0 amide bonds. The fourth-order valence-corrected chi connectivity index (χ4v) is 18.2. The largest absolute Gasteiger partial charge is 0.468 e. The van der Waals surface area contributed by atoms with Crippen LogP contribution in [0.25, 0.3) is 0 Å². The standard InChI is InChI=1S/C69H98O14/c1-39-35-77-60(43(5)40(39)2)82-56-44(6)55(45(7)71)81-62(58(56)83-61-57(80-59(73)47-23-19-16-20-24-47)42(4)41(3)50(78-61)37-76-36-46-21-17-15-18-22-46)79-54-28-29-65(10)51(66(54,11)38-70)27-30-67(12)52(65)26-25-48-49-33-64(8,9)31-32-69(49,63(74)75-14)53(72)34-68(48,67)13/h15-25,38-44,49-58,60-62,72H,26-37H2,1-14H3/t39-,40+,41-,42+,43?,44-,49?,50?,51-,52?,53?,54+,55?,56+,57?,58?,60+,61+,62-,65?,66-,67+,68-,69-/m1/s1. The number of aliphatic hydroxyl groups is 1. The number of fused-ring (bicyclic) bond motifs is 7.